The molecule has 5 nitrogen and oxygen atoms in total. The van der Waals surface area contributed by atoms with E-state index in [0.717, 1.165) is 6.54 Å². The maximum Gasteiger partial charge on any atom is 0.320 e. The molecule has 120 valence electrons. The molecule has 2 amide bonds. The highest BCUT2D eigenvalue weighted by atomic mass is 16.4. The maximum atomic E-state index is 12.6. The second kappa shape index (κ2) is 6.24. The van der Waals surface area contributed by atoms with Crippen LogP contribution in [0.25, 0.3) is 0 Å². The number of likely N-dealkylation sites (tertiary alicyclic amines) is 1. The molecule has 0 aromatic rings. The fourth-order valence-electron chi connectivity index (χ4n) is 3.42. The van der Waals surface area contributed by atoms with E-state index in [1.807, 2.05) is 25.7 Å². The lowest BCUT2D eigenvalue weighted by Crippen LogP contribution is -2.47. The number of carbonyl (C=O) groups excluding carboxylic acids is 1. The Bertz CT molecular complexity index is 406. The second-order valence-electron chi connectivity index (χ2n) is 6.91. The Morgan fingerprint density at radius 2 is 2.05 bits per heavy atom. The molecule has 0 spiro atoms. The Hall–Kier alpha value is -1.26. The summed E-state index contributed by atoms with van der Waals surface area (Å²) in [5.41, 5.74) is -0.772. The highest BCUT2D eigenvalue weighted by molar-refractivity contribution is 5.80. The minimum absolute atomic E-state index is 0.0215. The Labute approximate surface area is 127 Å². The Morgan fingerprint density at radius 1 is 1.38 bits per heavy atom. The molecule has 0 bridgehead atoms. The predicted octanol–water partition coefficient (Wildman–Crippen LogP) is 2.66. The second-order valence-corrected chi connectivity index (χ2v) is 6.91. The average Bonchev–Trinajstić information content (AvgIpc) is 2.83. The number of carboxylic acids is 1. The molecule has 2 aliphatic rings. The molecular weight excluding hydrogens is 268 g/mol. The number of carboxylic acid groups (broad SMARTS) is 1. The first-order chi connectivity index (χ1) is 9.90. The number of urea groups is 1. The summed E-state index contributed by atoms with van der Waals surface area (Å²) in [6.07, 6.45) is 4.27. The van der Waals surface area contributed by atoms with Gasteiger partial charge in [0.25, 0.3) is 0 Å². The van der Waals surface area contributed by atoms with Gasteiger partial charge in [-0.05, 0) is 38.0 Å². The minimum atomic E-state index is -0.772. The zero-order valence-corrected chi connectivity index (χ0v) is 13.5. The first kappa shape index (κ1) is 16.1. The fraction of sp³-hybridized carbons (Fsp3) is 0.875. The molecule has 1 saturated carbocycles. The van der Waals surface area contributed by atoms with Crippen LogP contribution < -0.4 is 0 Å². The zero-order valence-electron chi connectivity index (χ0n) is 13.5. The van der Waals surface area contributed by atoms with Crippen molar-refractivity contribution < 1.29 is 14.7 Å². The smallest absolute Gasteiger partial charge is 0.320 e. The van der Waals surface area contributed by atoms with E-state index < -0.39 is 11.4 Å². The number of carbonyl (C=O) groups is 2. The number of hydrogen-bond acceptors (Lipinski definition) is 2. The van der Waals surface area contributed by atoms with Crippen molar-refractivity contribution in [3.8, 4) is 0 Å². The molecule has 2 rings (SSSR count). The van der Waals surface area contributed by atoms with Crippen LogP contribution in [0.2, 0.25) is 0 Å². The van der Waals surface area contributed by atoms with E-state index in [1.165, 1.54) is 19.3 Å². The van der Waals surface area contributed by atoms with E-state index >= 15 is 0 Å². The van der Waals surface area contributed by atoms with Gasteiger partial charge in [-0.3, -0.25) is 4.79 Å². The van der Waals surface area contributed by atoms with Crippen LogP contribution in [-0.4, -0.2) is 53.1 Å². The molecule has 0 aromatic carbocycles. The lowest BCUT2D eigenvalue weighted by Gasteiger charge is -2.35. The monoisotopic (exact) mass is 296 g/mol. The third-order valence-electron chi connectivity index (χ3n) is 5.46. The molecular formula is C16H28N2O3. The van der Waals surface area contributed by atoms with E-state index in [-0.39, 0.29) is 11.9 Å². The molecule has 21 heavy (non-hydrogen) atoms. The summed E-state index contributed by atoms with van der Waals surface area (Å²) in [7, 11) is 0. The molecule has 1 N–H and O–H groups in total. The Morgan fingerprint density at radius 3 is 2.43 bits per heavy atom. The molecule has 1 unspecified atom stereocenters. The standard InChI is InChI=1S/C16H28N2O3/c1-4-17(10-13-6-5-7-13)15(21)18-9-8-16(11-18,12(2)3)14(19)20/h12-13H,4-11H2,1-3H3,(H,19,20). The van der Waals surface area contributed by atoms with Crippen LogP contribution in [0.15, 0.2) is 0 Å². The molecule has 1 saturated heterocycles. The summed E-state index contributed by atoms with van der Waals surface area (Å²) in [6.45, 7) is 8.31. The van der Waals surface area contributed by atoms with Gasteiger partial charge < -0.3 is 14.9 Å². The first-order valence-corrected chi connectivity index (χ1v) is 8.18. The molecule has 0 aromatic heterocycles. The largest absolute Gasteiger partial charge is 0.481 e. The summed E-state index contributed by atoms with van der Waals surface area (Å²) >= 11 is 0. The van der Waals surface area contributed by atoms with Gasteiger partial charge in [0.05, 0.1) is 5.41 Å². The van der Waals surface area contributed by atoms with Gasteiger partial charge in [0, 0.05) is 26.2 Å². The number of nitrogens with zero attached hydrogens (tertiary/aromatic N) is 2. The van der Waals surface area contributed by atoms with Crippen molar-refractivity contribution >= 4 is 12.0 Å². The number of rotatable bonds is 5. The van der Waals surface area contributed by atoms with Crippen molar-refractivity contribution in [3.05, 3.63) is 0 Å². The van der Waals surface area contributed by atoms with Gasteiger partial charge in [0.2, 0.25) is 0 Å². The molecule has 0 radical (unpaired) electrons. The van der Waals surface area contributed by atoms with E-state index in [4.69, 9.17) is 0 Å². The highest BCUT2D eigenvalue weighted by Gasteiger charge is 2.49. The summed E-state index contributed by atoms with van der Waals surface area (Å²) in [5.74, 6) is -0.0878. The van der Waals surface area contributed by atoms with Crippen LogP contribution in [0.1, 0.15) is 46.5 Å². The molecule has 5 heteroatoms. The molecule has 1 atom stereocenters. The van der Waals surface area contributed by atoms with Crippen molar-refractivity contribution in [2.75, 3.05) is 26.2 Å². The van der Waals surface area contributed by atoms with Crippen molar-refractivity contribution in [1.29, 1.82) is 0 Å². The van der Waals surface area contributed by atoms with E-state index in [0.29, 0.717) is 32.0 Å². The predicted molar refractivity (Wildman–Crippen MR) is 81.1 cm³/mol. The van der Waals surface area contributed by atoms with Crippen LogP contribution in [0, 0.1) is 17.3 Å². The number of aliphatic carboxylic acids is 1. The van der Waals surface area contributed by atoms with Crippen molar-refractivity contribution in [2.24, 2.45) is 17.3 Å². The molecule has 2 fully saturated rings. The van der Waals surface area contributed by atoms with Gasteiger partial charge in [0.15, 0.2) is 0 Å². The first-order valence-electron chi connectivity index (χ1n) is 8.18. The Balaban J connectivity index is 2.01. The van der Waals surface area contributed by atoms with Gasteiger partial charge in [-0.1, -0.05) is 20.3 Å². The van der Waals surface area contributed by atoms with Crippen LogP contribution in [0.3, 0.4) is 0 Å². The van der Waals surface area contributed by atoms with Crippen molar-refractivity contribution in [3.63, 3.8) is 0 Å². The number of hydrogen-bond donors (Lipinski definition) is 1. The fourth-order valence-corrected chi connectivity index (χ4v) is 3.42. The third-order valence-corrected chi connectivity index (χ3v) is 5.46. The van der Waals surface area contributed by atoms with E-state index in [9.17, 15) is 14.7 Å². The van der Waals surface area contributed by atoms with Crippen LogP contribution in [0.4, 0.5) is 4.79 Å². The third kappa shape index (κ3) is 3.01. The Kier molecular flexibility index (Phi) is 4.79. The number of amides is 2. The van der Waals surface area contributed by atoms with E-state index in [2.05, 4.69) is 0 Å². The quantitative estimate of drug-likeness (QED) is 0.848. The summed E-state index contributed by atoms with van der Waals surface area (Å²) in [5, 5.41) is 9.57. The SMILES string of the molecule is CCN(CC1CCC1)C(=O)N1CCC(C(=O)O)(C(C)C)C1. The lowest BCUT2D eigenvalue weighted by molar-refractivity contribution is -0.150. The topological polar surface area (TPSA) is 60.9 Å². The van der Waals surface area contributed by atoms with Gasteiger partial charge in [0.1, 0.15) is 0 Å². The van der Waals surface area contributed by atoms with Crippen molar-refractivity contribution in [1.82, 2.24) is 9.80 Å². The van der Waals surface area contributed by atoms with Crippen LogP contribution in [-0.2, 0) is 4.79 Å². The molecule has 1 aliphatic heterocycles. The van der Waals surface area contributed by atoms with Gasteiger partial charge >= 0.3 is 12.0 Å². The summed E-state index contributed by atoms with van der Waals surface area (Å²) in [4.78, 5) is 27.9. The van der Waals surface area contributed by atoms with Gasteiger partial charge in [-0.2, -0.15) is 0 Å². The van der Waals surface area contributed by atoms with Crippen LogP contribution in [0.5, 0.6) is 0 Å². The molecule has 1 aliphatic carbocycles. The highest BCUT2D eigenvalue weighted by Crippen LogP contribution is 2.38. The maximum absolute atomic E-state index is 12.6. The minimum Gasteiger partial charge on any atom is -0.481 e. The van der Waals surface area contributed by atoms with E-state index in [1.54, 1.807) is 4.90 Å². The summed E-state index contributed by atoms with van der Waals surface area (Å²) < 4.78 is 0. The van der Waals surface area contributed by atoms with Gasteiger partial charge in [-0.15, -0.1) is 0 Å². The van der Waals surface area contributed by atoms with Crippen molar-refractivity contribution in [2.45, 2.75) is 46.5 Å². The van der Waals surface area contributed by atoms with Crippen LogP contribution >= 0.6 is 0 Å². The molecule has 1 heterocycles. The normalized spacial score (nSPS) is 26.0. The van der Waals surface area contributed by atoms with Gasteiger partial charge in [-0.25, -0.2) is 4.79 Å². The summed E-state index contributed by atoms with van der Waals surface area (Å²) in [6, 6.07) is 0.0215. The lowest BCUT2D eigenvalue weighted by atomic mass is 9.76. The zero-order chi connectivity index (χ0) is 15.6. The average molecular weight is 296 g/mol.